The lowest BCUT2D eigenvalue weighted by Gasteiger charge is -2.39. The number of nitrogens with zero attached hydrogens (tertiary/aromatic N) is 2. The molecule has 2 atom stereocenters. The molecule has 1 aliphatic heterocycles. The molecule has 2 aromatic rings. The van der Waals surface area contributed by atoms with Crippen LogP contribution in [0.4, 0.5) is 4.39 Å². The number of piperazine rings is 1. The maximum atomic E-state index is 15.2. The standard InChI is InChI=1S/C31H43BrFN3O2/c1-3-30(37)34-31(23-9-5-4-6-10-23)27(26-11-7-8-12-29(26)33)15-16-35-17-19-36(20-18-35)22-24-21-25(38-2)13-14-28(24)32/h7-8,11-14,21,23,27,31H,3-6,9-10,15-20,22H2,1-2H3,(H,34,37). The summed E-state index contributed by atoms with van der Waals surface area (Å²) < 4.78 is 21.7. The Bertz CT molecular complexity index is 1040. The van der Waals surface area contributed by atoms with Gasteiger partial charge in [-0.1, -0.05) is 60.3 Å². The van der Waals surface area contributed by atoms with E-state index in [1.54, 1.807) is 19.2 Å². The van der Waals surface area contributed by atoms with E-state index in [2.05, 4.69) is 37.1 Å². The summed E-state index contributed by atoms with van der Waals surface area (Å²) in [5, 5.41) is 3.35. The number of benzene rings is 2. The maximum Gasteiger partial charge on any atom is 0.219 e. The molecule has 38 heavy (non-hydrogen) atoms. The maximum absolute atomic E-state index is 15.2. The normalized spacial score (nSPS) is 19.2. The lowest BCUT2D eigenvalue weighted by Crippen LogP contribution is -2.48. The highest BCUT2D eigenvalue weighted by atomic mass is 79.9. The van der Waals surface area contributed by atoms with Crippen LogP contribution in [0.1, 0.15) is 68.9 Å². The summed E-state index contributed by atoms with van der Waals surface area (Å²) in [7, 11) is 1.70. The molecule has 0 aromatic heterocycles. The number of amides is 1. The molecule has 1 heterocycles. The van der Waals surface area contributed by atoms with Crippen molar-refractivity contribution in [1.82, 2.24) is 15.1 Å². The van der Waals surface area contributed by atoms with Crippen molar-refractivity contribution in [2.75, 3.05) is 39.8 Å². The summed E-state index contributed by atoms with van der Waals surface area (Å²) in [5.74, 6) is 1.17. The minimum Gasteiger partial charge on any atom is -0.497 e. The summed E-state index contributed by atoms with van der Waals surface area (Å²) in [6, 6.07) is 13.3. The molecule has 1 N–H and O–H groups in total. The molecule has 7 heteroatoms. The Hall–Kier alpha value is -1.96. The fourth-order valence-electron chi connectivity index (χ4n) is 6.17. The predicted molar refractivity (Wildman–Crippen MR) is 155 cm³/mol. The van der Waals surface area contributed by atoms with Crippen molar-refractivity contribution in [3.63, 3.8) is 0 Å². The van der Waals surface area contributed by atoms with Gasteiger partial charge in [-0.15, -0.1) is 0 Å². The van der Waals surface area contributed by atoms with Crippen LogP contribution in [0.3, 0.4) is 0 Å². The third kappa shape index (κ3) is 7.80. The highest BCUT2D eigenvalue weighted by Crippen LogP contribution is 2.36. The van der Waals surface area contributed by atoms with Crippen LogP contribution in [0.5, 0.6) is 5.75 Å². The number of halogens is 2. The second-order valence-electron chi connectivity index (χ2n) is 10.8. The largest absolute Gasteiger partial charge is 0.497 e. The molecule has 0 spiro atoms. The fourth-order valence-corrected chi connectivity index (χ4v) is 6.54. The van der Waals surface area contributed by atoms with Crippen molar-refractivity contribution in [2.24, 2.45) is 5.92 Å². The molecule has 0 bridgehead atoms. The Morgan fingerprint density at radius 3 is 2.47 bits per heavy atom. The van der Waals surface area contributed by atoms with Gasteiger partial charge in [-0.3, -0.25) is 9.69 Å². The van der Waals surface area contributed by atoms with Gasteiger partial charge in [0.05, 0.1) is 7.11 Å². The van der Waals surface area contributed by atoms with E-state index in [1.165, 1.54) is 24.8 Å². The Labute approximate surface area is 236 Å². The van der Waals surface area contributed by atoms with Crippen LogP contribution in [0.25, 0.3) is 0 Å². The van der Waals surface area contributed by atoms with Gasteiger partial charge in [-0.05, 0) is 67.1 Å². The number of carbonyl (C=O) groups excluding carboxylic acids is 1. The van der Waals surface area contributed by atoms with E-state index in [-0.39, 0.29) is 23.7 Å². The lowest BCUT2D eigenvalue weighted by atomic mass is 9.75. The summed E-state index contributed by atoms with van der Waals surface area (Å²) in [5.41, 5.74) is 1.99. The molecule has 1 amide bonds. The first-order valence-corrected chi connectivity index (χ1v) is 15.1. The van der Waals surface area contributed by atoms with Gasteiger partial charge in [0.2, 0.25) is 5.91 Å². The van der Waals surface area contributed by atoms with Gasteiger partial charge >= 0.3 is 0 Å². The molecule has 5 nitrogen and oxygen atoms in total. The van der Waals surface area contributed by atoms with Gasteiger partial charge in [0.25, 0.3) is 0 Å². The minimum atomic E-state index is -0.155. The molecule has 1 saturated heterocycles. The Morgan fingerprint density at radius 1 is 1.08 bits per heavy atom. The van der Waals surface area contributed by atoms with Gasteiger partial charge in [0.1, 0.15) is 11.6 Å². The molecule has 1 aliphatic carbocycles. The van der Waals surface area contributed by atoms with Crippen LogP contribution in [0.2, 0.25) is 0 Å². The van der Waals surface area contributed by atoms with E-state index in [0.717, 1.165) is 74.3 Å². The molecule has 2 aliphatic rings. The summed E-state index contributed by atoms with van der Waals surface area (Å²) in [6.07, 6.45) is 7.16. The number of nitrogens with one attached hydrogen (secondary N) is 1. The Kier molecular flexibility index (Phi) is 11.0. The molecule has 2 aromatic carbocycles. The minimum absolute atomic E-state index is 0.0219. The smallest absolute Gasteiger partial charge is 0.219 e. The first kappa shape index (κ1) is 29.0. The third-order valence-electron chi connectivity index (χ3n) is 8.41. The average molecular weight is 589 g/mol. The van der Waals surface area contributed by atoms with E-state index in [9.17, 15) is 4.79 Å². The molecular weight excluding hydrogens is 545 g/mol. The highest BCUT2D eigenvalue weighted by molar-refractivity contribution is 9.10. The number of rotatable bonds is 11. The van der Waals surface area contributed by atoms with Crippen LogP contribution in [-0.4, -0.2) is 61.6 Å². The monoisotopic (exact) mass is 587 g/mol. The predicted octanol–water partition coefficient (Wildman–Crippen LogP) is 6.36. The SMILES string of the molecule is CCC(=O)NC(C1CCCCC1)C(CCN1CCN(Cc2cc(OC)ccc2Br)CC1)c1ccccc1F. The summed E-state index contributed by atoms with van der Waals surface area (Å²) in [4.78, 5) is 17.6. The Balaban J connectivity index is 1.42. The van der Waals surface area contributed by atoms with E-state index < -0.39 is 0 Å². The number of hydrogen-bond acceptors (Lipinski definition) is 4. The molecule has 208 valence electrons. The summed E-state index contributed by atoms with van der Waals surface area (Å²) >= 11 is 3.68. The zero-order valence-corrected chi connectivity index (χ0v) is 24.5. The van der Waals surface area contributed by atoms with E-state index in [0.29, 0.717) is 12.3 Å². The van der Waals surface area contributed by atoms with Crippen molar-refractivity contribution >= 4 is 21.8 Å². The highest BCUT2D eigenvalue weighted by Gasteiger charge is 2.34. The van der Waals surface area contributed by atoms with Crippen molar-refractivity contribution in [1.29, 1.82) is 0 Å². The van der Waals surface area contributed by atoms with Crippen molar-refractivity contribution in [3.8, 4) is 5.75 Å². The molecule has 1 saturated carbocycles. The van der Waals surface area contributed by atoms with Crippen LogP contribution >= 0.6 is 15.9 Å². The fraction of sp³-hybridized carbons (Fsp3) is 0.581. The quantitative estimate of drug-likeness (QED) is 0.332. The number of hydrogen-bond donors (Lipinski definition) is 1. The number of methoxy groups -OCH3 is 1. The van der Waals surface area contributed by atoms with E-state index in [4.69, 9.17) is 4.74 Å². The first-order valence-electron chi connectivity index (χ1n) is 14.3. The lowest BCUT2D eigenvalue weighted by molar-refractivity contribution is -0.122. The van der Waals surface area contributed by atoms with E-state index >= 15 is 4.39 Å². The topological polar surface area (TPSA) is 44.8 Å². The van der Waals surface area contributed by atoms with Gasteiger partial charge in [-0.25, -0.2) is 4.39 Å². The summed E-state index contributed by atoms with van der Waals surface area (Å²) in [6.45, 7) is 7.65. The van der Waals surface area contributed by atoms with Gasteiger partial charge in [0.15, 0.2) is 0 Å². The average Bonchev–Trinajstić information content (AvgIpc) is 2.95. The van der Waals surface area contributed by atoms with Crippen LogP contribution in [0, 0.1) is 11.7 Å². The van der Waals surface area contributed by atoms with Gasteiger partial charge in [-0.2, -0.15) is 0 Å². The second kappa shape index (κ2) is 14.4. The van der Waals surface area contributed by atoms with Gasteiger partial charge < -0.3 is 15.0 Å². The molecule has 2 unspecified atom stereocenters. The van der Waals surface area contributed by atoms with Crippen molar-refractivity contribution in [3.05, 3.63) is 63.9 Å². The molecule has 4 rings (SSSR count). The van der Waals surface area contributed by atoms with Crippen molar-refractivity contribution in [2.45, 2.75) is 70.4 Å². The van der Waals surface area contributed by atoms with Crippen LogP contribution in [-0.2, 0) is 11.3 Å². The van der Waals surface area contributed by atoms with Crippen LogP contribution < -0.4 is 10.1 Å². The van der Waals surface area contributed by atoms with Crippen LogP contribution in [0.15, 0.2) is 46.9 Å². The zero-order valence-electron chi connectivity index (χ0n) is 22.9. The molecule has 0 radical (unpaired) electrons. The van der Waals surface area contributed by atoms with E-state index in [1.807, 2.05) is 31.2 Å². The number of ether oxygens (including phenoxy) is 1. The molecule has 2 fully saturated rings. The van der Waals surface area contributed by atoms with Crippen molar-refractivity contribution < 1.29 is 13.9 Å². The Morgan fingerprint density at radius 2 is 1.79 bits per heavy atom. The second-order valence-corrected chi connectivity index (χ2v) is 11.7. The third-order valence-corrected chi connectivity index (χ3v) is 9.19. The first-order chi connectivity index (χ1) is 18.5. The number of carbonyl (C=O) groups is 1. The zero-order chi connectivity index (χ0) is 26.9. The van der Waals surface area contributed by atoms with Gasteiger partial charge in [0, 0.05) is 55.6 Å². The molecular formula is C31H43BrFN3O2.